The molecule has 0 spiro atoms. The highest BCUT2D eigenvalue weighted by atomic mass is 32.2. The zero-order chi connectivity index (χ0) is 15.7. The lowest BCUT2D eigenvalue weighted by Gasteiger charge is -1.98. The van der Waals surface area contributed by atoms with Crippen LogP contribution in [0.1, 0.15) is 0 Å². The molecule has 0 fully saturated rings. The van der Waals surface area contributed by atoms with Crippen LogP contribution < -0.4 is 5.56 Å². The van der Waals surface area contributed by atoms with Gasteiger partial charge in [-0.05, 0) is 36.4 Å². The Morgan fingerprint density at radius 2 is 1.86 bits per heavy atom. The third-order valence-corrected chi connectivity index (χ3v) is 4.14. The minimum Gasteiger partial charge on any atom is -0.333 e. The maximum atomic E-state index is 11.7. The lowest BCUT2D eigenvalue weighted by Crippen LogP contribution is -2.06. The molecule has 0 unspecified atom stereocenters. The second-order valence-corrected chi connectivity index (χ2v) is 6.65. The van der Waals surface area contributed by atoms with Crippen molar-refractivity contribution in [2.45, 2.75) is 4.90 Å². The van der Waals surface area contributed by atoms with Crippen LogP contribution >= 0.6 is 0 Å². The number of rotatable bonds is 3. The summed E-state index contributed by atoms with van der Waals surface area (Å²) >= 11 is 0. The molecule has 0 aliphatic rings. The van der Waals surface area contributed by atoms with Gasteiger partial charge in [0.25, 0.3) is 11.4 Å². The van der Waals surface area contributed by atoms with Crippen LogP contribution in [0.2, 0.25) is 0 Å². The second-order valence-electron chi connectivity index (χ2n) is 4.63. The fraction of sp³-hybridized carbons (Fsp3) is 0.0714. The molecule has 0 saturated carbocycles. The molecule has 3 aromatic rings. The normalized spacial score (nSPS) is 11.5. The van der Waals surface area contributed by atoms with E-state index in [1.807, 2.05) is 0 Å². The summed E-state index contributed by atoms with van der Waals surface area (Å²) in [6, 6.07) is 9.33. The van der Waals surface area contributed by atoms with E-state index in [4.69, 9.17) is 4.52 Å². The molecule has 0 amide bonds. The molecule has 0 bridgehead atoms. The molecule has 1 aromatic carbocycles. The van der Waals surface area contributed by atoms with Crippen molar-refractivity contribution in [1.82, 2.24) is 15.1 Å². The van der Waals surface area contributed by atoms with Crippen molar-refractivity contribution in [3.8, 4) is 22.8 Å². The maximum absolute atomic E-state index is 11.7. The van der Waals surface area contributed by atoms with Gasteiger partial charge in [-0.25, -0.2) is 8.42 Å². The van der Waals surface area contributed by atoms with Crippen molar-refractivity contribution in [2.24, 2.45) is 0 Å². The molecule has 0 radical (unpaired) electrons. The molecule has 8 heteroatoms. The summed E-state index contributed by atoms with van der Waals surface area (Å²) in [5.74, 6) is 0.377. The number of nitrogens with one attached hydrogen (secondary N) is 1. The fourth-order valence-corrected chi connectivity index (χ4v) is 2.52. The number of pyridine rings is 1. The smallest absolute Gasteiger partial charge is 0.263 e. The Balaban J connectivity index is 1.98. The standard InChI is InChI=1S/C14H11N3O4S/c1-22(19,20)10-6-4-9(5-7-10)12-16-14(21-17-12)11-3-2-8-15-13(11)18/h2-8H,1H3,(H,15,18). The second kappa shape index (κ2) is 5.23. The number of aromatic amines is 1. The van der Waals surface area contributed by atoms with Crippen molar-refractivity contribution in [3.63, 3.8) is 0 Å². The number of benzene rings is 1. The van der Waals surface area contributed by atoms with Gasteiger partial charge in [-0.15, -0.1) is 0 Å². The van der Waals surface area contributed by atoms with Gasteiger partial charge in [0.2, 0.25) is 5.82 Å². The minimum atomic E-state index is -3.25. The summed E-state index contributed by atoms with van der Waals surface area (Å²) in [4.78, 5) is 18.6. The number of aromatic nitrogens is 3. The van der Waals surface area contributed by atoms with Crippen LogP contribution in [-0.2, 0) is 9.84 Å². The average molecular weight is 317 g/mol. The zero-order valence-electron chi connectivity index (χ0n) is 11.5. The highest BCUT2D eigenvalue weighted by Gasteiger charge is 2.14. The molecule has 112 valence electrons. The predicted molar refractivity (Wildman–Crippen MR) is 78.9 cm³/mol. The molecule has 0 aliphatic carbocycles. The molecule has 7 nitrogen and oxygen atoms in total. The first kappa shape index (κ1) is 14.2. The van der Waals surface area contributed by atoms with Gasteiger partial charge < -0.3 is 9.51 Å². The fourth-order valence-electron chi connectivity index (χ4n) is 1.89. The quantitative estimate of drug-likeness (QED) is 0.784. The van der Waals surface area contributed by atoms with Gasteiger partial charge in [-0.1, -0.05) is 5.16 Å². The molecule has 3 rings (SSSR count). The van der Waals surface area contributed by atoms with E-state index in [9.17, 15) is 13.2 Å². The monoisotopic (exact) mass is 317 g/mol. The van der Waals surface area contributed by atoms with Gasteiger partial charge in [-0.2, -0.15) is 4.98 Å². The number of hydrogen-bond acceptors (Lipinski definition) is 6. The molecular formula is C14H11N3O4S. The molecule has 0 atom stereocenters. The Labute approximate surface area is 125 Å². The summed E-state index contributed by atoms with van der Waals surface area (Å²) in [6.07, 6.45) is 2.64. The van der Waals surface area contributed by atoms with Crippen LogP contribution in [0.4, 0.5) is 0 Å². The summed E-state index contributed by atoms with van der Waals surface area (Å²) in [5.41, 5.74) is 0.536. The topological polar surface area (TPSA) is 106 Å². The first-order chi connectivity index (χ1) is 10.4. The highest BCUT2D eigenvalue weighted by Crippen LogP contribution is 2.21. The van der Waals surface area contributed by atoms with Crippen LogP contribution in [-0.4, -0.2) is 29.8 Å². The summed E-state index contributed by atoms with van der Waals surface area (Å²) in [6.45, 7) is 0. The van der Waals surface area contributed by atoms with E-state index in [2.05, 4.69) is 15.1 Å². The number of sulfone groups is 1. The van der Waals surface area contributed by atoms with Crippen molar-refractivity contribution in [1.29, 1.82) is 0 Å². The van der Waals surface area contributed by atoms with E-state index in [1.165, 1.54) is 18.3 Å². The van der Waals surface area contributed by atoms with Gasteiger partial charge in [-0.3, -0.25) is 4.79 Å². The molecule has 22 heavy (non-hydrogen) atoms. The van der Waals surface area contributed by atoms with Crippen LogP contribution in [0.15, 0.2) is 56.8 Å². The Kier molecular flexibility index (Phi) is 3.38. The van der Waals surface area contributed by atoms with Crippen molar-refractivity contribution in [2.75, 3.05) is 6.26 Å². The Bertz CT molecular complexity index is 972. The van der Waals surface area contributed by atoms with E-state index < -0.39 is 9.84 Å². The molecule has 0 aliphatic heterocycles. The third-order valence-electron chi connectivity index (χ3n) is 3.02. The van der Waals surface area contributed by atoms with E-state index in [-0.39, 0.29) is 27.7 Å². The molecule has 2 aromatic heterocycles. The molecular weight excluding hydrogens is 306 g/mol. The van der Waals surface area contributed by atoms with E-state index in [1.54, 1.807) is 24.3 Å². The van der Waals surface area contributed by atoms with Gasteiger partial charge in [0.15, 0.2) is 9.84 Å². The first-order valence-corrected chi connectivity index (χ1v) is 8.16. The molecule has 0 saturated heterocycles. The highest BCUT2D eigenvalue weighted by molar-refractivity contribution is 7.90. The van der Waals surface area contributed by atoms with Crippen molar-refractivity contribution in [3.05, 3.63) is 52.9 Å². The van der Waals surface area contributed by atoms with Gasteiger partial charge in [0, 0.05) is 18.0 Å². The Morgan fingerprint density at radius 1 is 1.14 bits per heavy atom. The largest absolute Gasteiger partial charge is 0.333 e. The van der Waals surface area contributed by atoms with Crippen molar-refractivity contribution >= 4 is 9.84 Å². The van der Waals surface area contributed by atoms with Crippen LogP contribution in [0.5, 0.6) is 0 Å². The summed E-state index contributed by atoms with van der Waals surface area (Å²) in [5, 5.41) is 3.81. The van der Waals surface area contributed by atoms with Gasteiger partial charge >= 0.3 is 0 Å². The SMILES string of the molecule is CS(=O)(=O)c1ccc(-c2noc(-c3ccc[nH]c3=O)n2)cc1. The first-order valence-electron chi connectivity index (χ1n) is 6.27. The van der Waals surface area contributed by atoms with E-state index >= 15 is 0 Å². The van der Waals surface area contributed by atoms with E-state index in [0.29, 0.717) is 5.56 Å². The number of H-pyrrole nitrogens is 1. The maximum Gasteiger partial charge on any atom is 0.263 e. The van der Waals surface area contributed by atoms with Crippen LogP contribution in [0, 0.1) is 0 Å². The zero-order valence-corrected chi connectivity index (χ0v) is 12.3. The summed E-state index contributed by atoms with van der Waals surface area (Å²) in [7, 11) is -3.25. The lowest BCUT2D eigenvalue weighted by molar-refractivity contribution is 0.432. The minimum absolute atomic E-state index is 0.101. The summed E-state index contributed by atoms with van der Waals surface area (Å²) < 4.78 is 27.9. The Morgan fingerprint density at radius 3 is 2.50 bits per heavy atom. The molecule has 2 heterocycles. The number of nitrogens with zero attached hydrogens (tertiary/aromatic N) is 2. The van der Waals surface area contributed by atoms with E-state index in [0.717, 1.165) is 6.26 Å². The van der Waals surface area contributed by atoms with Crippen molar-refractivity contribution < 1.29 is 12.9 Å². The third kappa shape index (κ3) is 2.68. The number of hydrogen-bond donors (Lipinski definition) is 1. The van der Waals surface area contributed by atoms with Gasteiger partial charge in [0.05, 0.1) is 4.90 Å². The average Bonchev–Trinajstić information content (AvgIpc) is 2.96. The molecule has 1 N–H and O–H groups in total. The van der Waals surface area contributed by atoms with Gasteiger partial charge in [0.1, 0.15) is 5.56 Å². The Hall–Kier alpha value is -2.74. The van der Waals surface area contributed by atoms with Crippen LogP contribution in [0.25, 0.3) is 22.8 Å². The lowest BCUT2D eigenvalue weighted by atomic mass is 10.2. The predicted octanol–water partition coefficient (Wildman–Crippen LogP) is 1.50. The van der Waals surface area contributed by atoms with Crippen LogP contribution in [0.3, 0.4) is 0 Å².